The van der Waals surface area contributed by atoms with E-state index in [4.69, 9.17) is 32.7 Å². The highest BCUT2D eigenvalue weighted by Crippen LogP contribution is 2.35. The van der Waals surface area contributed by atoms with Crippen LogP contribution in [0.2, 0.25) is 10.0 Å². The first-order valence-corrected chi connectivity index (χ1v) is 15.4. The van der Waals surface area contributed by atoms with E-state index < -0.39 is 16.1 Å². The van der Waals surface area contributed by atoms with E-state index in [0.717, 1.165) is 18.2 Å². The molecule has 9 nitrogen and oxygen atoms in total. The summed E-state index contributed by atoms with van der Waals surface area (Å²) in [5.41, 5.74) is 1.14. The number of rotatable bonds is 12. The van der Waals surface area contributed by atoms with E-state index in [1.807, 2.05) is 13.8 Å². The highest BCUT2D eigenvalue weighted by Gasteiger charge is 2.28. The minimum atomic E-state index is -3.65. The van der Waals surface area contributed by atoms with Gasteiger partial charge in [0.25, 0.3) is 0 Å². The van der Waals surface area contributed by atoms with Gasteiger partial charge in [0.05, 0.1) is 22.0 Å². The van der Waals surface area contributed by atoms with Crippen LogP contribution in [0.1, 0.15) is 45.6 Å². The SMILES string of the molecule is CCC(C)NC(=O)C(C)N(Cc1ccc(Cl)c(Cl)c1)C(=O)CCCN(c1ccc2c(c1)OCCO2)S(C)(=O)=O. The molecule has 3 rings (SSSR count). The van der Waals surface area contributed by atoms with Gasteiger partial charge in [0, 0.05) is 31.6 Å². The number of nitrogens with zero attached hydrogens (tertiary/aromatic N) is 2. The van der Waals surface area contributed by atoms with Crippen LogP contribution in [0.4, 0.5) is 5.69 Å². The normalized spacial score (nSPS) is 14.3. The third kappa shape index (κ3) is 8.40. The number of halogens is 2. The quantitative estimate of drug-likeness (QED) is 0.381. The lowest BCUT2D eigenvalue weighted by Gasteiger charge is -2.30. The Morgan fingerprint density at radius 3 is 2.36 bits per heavy atom. The first-order valence-electron chi connectivity index (χ1n) is 12.8. The Kier molecular flexibility index (Phi) is 10.7. The standard InChI is InChI=1S/C27H35Cl2N3O6S/c1-5-18(2)30-27(34)19(3)31(17-20-8-10-22(28)23(29)15-20)26(33)7-6-12-32(39(4,35)36)21-9-11-24-25(16-21)38-14-13-37-24/h8-11,15-16,18-19H,5-7,12-14,17H2,1-4H3,(H,30,34). The lowest BCUT2D eigenvalue weighted by atomic mass is 10.1. The minimum absolute atomic E-state index is 0.0266. The summed E-state index contributed by atoms with van der Waals surface area (Å²) in [6, 6.07) is 9.19. The molecule has 1 aliphatic rings. The van der Waals surface area contributed by atoms with Gasteiger partial charge >= 0.3 is 0 Å². The highest BCUT2D eigenvalue weighted by molar-refractivity contribution is 7.92. The van der Waals surface area contributed by atoms with E-state index in [9.17, 15) is 18.0 Å². The zero-order valence-corrected chi connectivity index (χ0v) is 24.9. The number of hydrogen-bond acceptors (Lipinski definition) is 6. The average molecular weight is 601 g/mol. The van der Waals surface area contributed by atoms with Crippen LogP contribution < -0.4 is 19.1 Å². The van der Waals surface area contributed by atoms with Gasteiger partial charge in [-0.15, -0.1) is 0 Å². The number of sulfonamides is 1. The van der Waals surface area contributed by atoms with Crippen LogP contribution >= 0.6 is 23.2 Å². The average Bonchev–Trinajstić information content (AvgIpc) is 2.90. The molecule has 0 radical (unpaired) electrons. The van der Waals surface area contributed by atoms with Crippen LogP contribution in [-0.4, -0.2) is 63.2 Å². The molecule has 2 unspecified atom stereocenters. The topological polar surface area (TPSA) is 105 Å². The Bertz CT molecular complexity index is 1290. The van der Waals surface area contributed by atoms with Crippen molar-refractivity contribution in [1.29, 1.82) is 0 Å². The van der Waals surface area contributed by atoms with E-state index in [1.165, 1.54) is 9.21 Å². The fourth-order valence-electron chi connectivity index (χ4n) is 4.07. The summed E-state index contributed by atoms with van der Waals surface area (Å²) in [5, 5.41) is 3.66. The second-order valence-electron chi connectivity index (χ2n) is 9.53. The molecule has 12 heteroatoms. The Balaban J connectivity index is 1.75. The number of amides is 2. The molecule has 0 saturated carbocycles. The van der Waals surface area contributed by atoms with E-state index >= 15 is 0 Å². The first kappa shape index (κ1) is 30.8. The van der Waals surface area contributed by atoms with Crippen molar-refractivity contribution in [3.05, 3.63) is 52.0 Å². The maximum atomic E-state index is 13.4. The zero-order valence-electron chi connectivity index (χ0n) is 22.6. The molecule has 1 heterocycles. The van der Waals surface area contributed by atoms with Crippen molar-refractivity contribution in [1.82, 2.24) is 10.2 Å². The summed E-state index contributed by atoms with van der Waals surface area (Å²) in [4.78, 5) is 27.8. The smallest absolute Gasteiger partial charge is 0.242 e. The highest BCUT2D eigenvalue weighted by atomic mass is 35.5. The first-order chi connectivity index (χ1) is 18.4. The van der Waals surface area contributed by atoms with Gasteiger partial charge in [-0.25, -0.2) is 8.42 Å². The van der Waals surface area contributed by atoms with Gasteiger partial charge in [0.2, 0.25) is 21.8 Å². The van der Waals surface area contributed by atoms with Crippen LogP contribution in [0.25, 0.3) is 0 Å². The van der Waals surface area contributed by atoms with E-state index in [0.29, 0.717) is 40.4 Å². The molecule has 0 aliphatic carbocycles. The van der Waals surface area contributed by atoms with Gasteiger partial charge in [0.15, 0.2) is 11.5 Å². The third-order valence-corrected chi connectivity index (χ3v) is 8.40. The van der Waals surface area contributed by atoms with E-state index in [2.05, 4.69) is 5.32 Å². The summed E-state index contributed by atoms with van der Waals surface area (Å²) in [7, 11) is -3.65. The van der Waals surface area contributed by atoms with Crippen molar-refractivity contribution in [2.24, 2.45) is 0 Å². The fraction of sp³-hybridized carbons (Fsp3) is 0.481. The van der Waals surface area contributed by atoms with Gasteiger partial charge in [0.1, 0.15) is 19.3 Å². The number of carbonyl (C=O) groups excluding carboxylic acids is 2. The summed E-state index contributed by atoms with van der Waals surface area (Å²) >= 11 is 12.2. The molecule has 0 spiro atoms. The lowest BCUT2D eigenvalue weighted by Crippen LogP contribution is -2.49. The van der Waals surface area contributed by atoms with Crippen molar-refractivity contribution in [2.45, 2.75) is 58.7 Å². The number of anilines is 1. The molecule has 2 aromatic rings. The van der Waals surface area contributed by atoms with Gasteiger partial charge in [-0.2, -0.15) is 0 Å². The molecule has 2 aromatic carbocycles. The molecule has 0 aromatic heterocycles. The van der Waals surface area contributed by atoms with Crippen LogP contribution in [0.15, 0.2) is 36.4 Å². The Morgan fingerprint density at radius 2 is 1.72 bits per heavy atom. The van der Waals surface area contributed by atoms with Crippen molar-refractivity contribution >= 4 is 50.7 Å². The molecule has 0 fully saturated rings. The number of benzene rings is 2. The molecule has 2 atom stereocenters. The Hall–Kier alpha value is -2.69. The predicted octanol–water partition coefficient (Wildman–Crippen LogP) is 4.64. The number of fused-ring (bicyclic) bond motifs is 1. The molecular weight excluding hydrogens is 565 g/mol. The number of hydrogen-bond donors (Lipinski definition) is 1. The lowest BCUT2D eigenvalue weighted by molar-refractivity contribution is -0.140. The van der Waals surface area contributed by atoms with Crippen molar-refractivity contribution in [2.75, 3.05) is 30.3 Å². The summed E-state index contributed by atoms with van der Waals surface area (Å²) in [6.07, 6.45) is 2.13. The summed E-state index contributed by atoms with van der Waals surface area (Å²) < 4.78 is 37.6. The van der Waals surface area contributed by atoms with Crippen molar-refractivity contribution in [3.8, 4) is 11.5 Å². The molecule has 1 aliphatic heterocycles. The molecule has 2 amide bonds. The second-order valence-corrected chi connectivity index (χ2v) is 12.3. The monoisotopic (exact) mass is 599 g/mol. The molecule has 0 bridgehead atoms. The predicted molar refractivity (Wildman–Crippen MR) is 153 cm³/mol. The van der Waals surface area contributed by atoms with Crippen LogP contribution in [0, 0.1) is 0 Å². The van der Waals surface area contributed by atoms with Crippen LogP contribution in [0.3, 0.4) is 0 Å². The van der Waals surface area contributed by atoms with Crippen molar-refractivity contribution in [3.63, 3.8) is 0 Å². The maximum absolute atomic E-state index is 13.4. The summed E-state index contributed by atoms with van der Waals surface area (Å²) in [6.45, 7) is 6.54. The molecule has 0 saturated heterocycles. The van der Waals surface area contributed by atoms with Crippen molar-refractivity contribution < 1.29 is 27.5 Å². The number of ether oxygens (including phenoxy) is 2. The van der Waals surface area contributed by atoms with Crippen LogP contribution in [0.5, 0.6) is 11.5 Å². The fourth-order valence-corrected chi connectivity index (χ4v) is 5.35. The minimum Gasteiger partial charge on any atom is -0.486 e. The van der Waals surface area contributed by atoms with E-state index in [1.54, 1.807) is 43.3 Å². The van der Waals surface area contributed by atoms with Crippen LogP contribution in [-0.2, 0) is 26.2 Å². The Labute approximate surface area is 240 Å². The largest absolute Gasteiger partial charge is 0.486 e. The number of nitrogens with one attached hydrogen (secondary N) is 1. The van der Waals surface area contributed by atoms with E-state index in [-0.39, 0.29) is 43.8 Å². The Morgan fingerprint density at radius 1 is 1.03 bits per heavy atom. The second kappa shape index (κ2) is 13.6. The molecule has 1 N–H and O–H groups in total. The van der Waals surface area contributed by atoms with Gasteiger partial charge in [-0.1, -0.05) is 36.2 Å². The van der Waals surface area contributed by atoms with Gasteiger partial charge in [-0.05, 0) is 56.5 Å². The molecule has 39 heavy (non-hydrogen) atoms. The number of carbonyl (C=O) groups is 2. The summed E-state index contributed by atoms with van der Waals surface area (Å²) in [5.74, 6) is 0.462. The zero-order chi connectivity index (χ0) is 28.7. The third-order valence-electron chi connectivity index (χ3n) is 6.47. The maximum Gasteiger partial charge on any atom is 0.242 e. The molecule has 214 valence electrons. The van der Waals surface area contributed by atoms with Gasteiger partial charge < -0.3 is 19.7 Å². The van der Waals surface area contributed by atoms with Gasteiger partial charge in [-0.3, -0.25) is 13.9 Å². The molecular formula is C27H35Cl2N3O6S.